The van der Waals surface area contributed by atoms with Gasteiger partial charge in [-0.3, -0.25) is 0 Å². The van der Waals surface area contributed by atoms with E-state index in [1.807, 2.05) is 60.7 Å². The second-order valence-electron chi connectivity index (χ2n) is 6.67. The Bertz CT molecular complexity index is 696. The number of quaternary nitrogens is 1. The number of ether oxygens (including phenoxy) is 4. The predicted octanol–water partition coefficient (Wildman–Crippen LogP) is 1.01. The van der Waals surface area contributed by atoms with Gasteiger partial charge in [0.05, 0.1) is 13.2 Å². The maximum atomic E-state index is 10.7. The molecule has 138 valence electrons. The molecule has 2 fully saturated rings. The Morgan fingerprint density at radius 3 is 2.42 bits per heavy atom. The van der Waals surface area contributed by atoms with E-state index in [-0.39, 0.29) is 6.10 Å². The van der Waals surface area contributed by atoms with E-state index in [1.54, 1.807) is 0 Å². The molecular formula is C20H24NO5+. The van der Waals surface area contributed by atoms with Gasteiger partial charge >= 0.3 is 0 Å². The second-order valence-corrected chi connectivity index (χ2v) is 6.67. The minimum Gasteiger partial charge on any atom is -0.384 e. The molecule has 6 heteroatoms. The molecule has 26 heavy (non-hydrogen) atoms. The van der Waals surface area contributed by atoms with Crippen LogP contribution in [-0.2, 0) is 25.6 Å². The second kappa shape index (κ2) is 7.84. The molecule has 0 saturated carbocycles. The summed E-state index contributed by atoms with van der Waals surface area (Å²) in [4.78, 5) is 0. The lowest BCUT2D eigenvalue weighted by Crippen LogP contribution is -2.78. The van der Waals surface area contributed by atoms with Crippen molar-refractivity contribution in [3.05, 3.63) is 71.8 Å². The third kappa shape index (κ3) is 3.66. The minimum absolute atomic E-state index is 0.333. The summed E-state index contributed by atoms with van der Waals surface area (Å²) in [6.07, 6.45) is -2.78. The lowest BCUT2D eigenvalue weighted by Gasteiger charge is -2.45. The summed E-state index contributed by atoms with van der Waals surface area (Å²) < 4.78 is 23.6. The van der Waals surface area contributed by atoms with Crippen LogP contribution >= 0.6 is 0 Å². The van der Waals surface area contributed by atoms with E-state index in [2.05, 4.69) is 5.73 Å². The van der Waals surface area contributed by atoms with Crippen molar-refractivity contribution in [3.8, 4) is 0 Å². The Labute approximate surface area is 152 Å². The molecule has 4 N–H and O–H groups in total. The number of benzene rings is 2. The van der Waals surface area contributed by atoms with Crippen molar-refractivity contribution in [1.82, 2.24) is 0 Å². The Morgan fingerprint density at radius 1 is 1.00 bits per heavy atom. The van der Waals surface area contributed by atoms with Crippen LogP contribution in [0.3, 0.4) is 0 Å². The fraction of sp³-hybridized carbons (Fsp3) is 0.400. The highest BCUT2D eigenvalue weighted by molar-refractivity contribution is 5.17. The van der Waals surface area contributed by atoms with E-state index >= 15 is 0 Å². The predicted molar refractivity (Wildman–Crippen MR) is 92.6 cm³/mol. The summed E-state index contributed by atoms with van der Waals surface area (Å²) in [6.45, 7) is 0.731. The molecule has 2 aromatic rings. The third-order valence-corrected chi connectivity index (χ3v) is 4.82. The van der Waals surface area contributed by atoms with Gasteiger partial charge < -0.3 is 29.8 Å². The zero-order valence-corrected chi connectivity index (χ0v) is 14.4. The molecule has 4 rings (SSSR count). The van der Waals surface area contributed by atoms with E-state index in [0.29, 0.717) is 13.2 Å². The van der Waals surface area contributed by atoms with Crippen LogP contribution in [0, 0.1) is 0 Å². The zero-order valence-electron chi connectivity index (χ0n) is 14.4. The molecule has 6 atom stereocenters. The zero-order chi connectivity index (χ0) is 17.9. The lowest BCUT2D eigenvalue weighted by molar-refractivity contribution is -0.510. The smallest absolute Gasteiger partial charge is 0.213 e. The van der Waals surface area contributed by atoms with Crippen LogP contribution in [0.4, 0.5) is 0 Å². The molecule has 0 unspecified atom stereocenters. The average molecular weight is 358 g/mol. The quantitative estimate of drug-likeness (QED) is 0.852. The van der Waals surface area contributed by atoms with E-state index in [0.717, 1.165) is 11.1 Å². The largest absolute Gasteiger partial charge is 0.384 e. The summed E-state index contributed by atoms with van der Waals surface area (Å²) in [5.74, 6) is 0. The summed E-state index contributed by atoms with van der Waals surface area (Å²) in [6, 6.07) is 19.1. The Morgan fingerprint density at radius 2 is 1.69 bits per heavy atom. The van der Waals surface area contributed by atoms with Crippen LogP contribution in [-0.4, -0.2) is 42.4 Å². The van der Waals surface area contributed by atoms with Crippen LogP contribution in [0.25, 0.3) is 0 Å². The van der Waals surface area contributed by atoms with Gasteiger partial charge in [-0.05, 0) is 5.56 Å². The molecule has 2 heterocycles. The van der Waals surface area contributed by atoms with Crippen molar-refractivity contribution in [3.63, 3.8) is 0 Å². The molecule has 2 aromatic carbocycles. The van der Waals surface area contributed by atoms with Crippen molar-refractivity contribution >= 4 is 0 Å². The topological polar surface area (TPSA) is 84.8 Å². The number of hydrogen-bond donors (Lipinski definition) is 2. The summed E-state index contributed by atoms with van der Waals surface area (Å²) >= 11 is 0. The first-order chi connectivity index (χ1) is 12.7. The van der Waals surface area contributed by atoms with Crippen LogP contribution in [0.1, 0.15) is 17.4 Å². The number of aliphatic hydroxyl groups excluding tert-OH is 1. The van der Waals surface area contributed by atoms with Crippen LogP contribution in [0.2, 0.25) is 0 Å². The number of aliphatic hydroxyl groups is 1. The average Bonchev–Trinajstić information content (AvgIpc) is 2.71. The summed E-state index contributed by atoms with van der Waals surface area (Å²) in [5.41, 5.74) is 6.00. The molecule has 0 aromatic heterocycles. The van der Waals surface area contributed by atoms with Crippen LogP contribution in [0.5, 0.6) is 0 Å². The van der Waals surface area contributed by atoms with E-state index < -0.39 is 30.8 Å². The summed E-state index contributed by atoms with van der Waals surface area (Å²) in [5, 5.41) is 10.7. The van der Waals surface area contributed by atoms with Crippen molar-refractivity contribution in [1.29, 1.82) is 0 Å². The monoisotopic (exact) mass is 358 g/mol. The van der Waals surface area contributed by atoms with E-state index in [1.165, 1.54) is 0 Å². The number of hydrogen-bond acceptors (Lipinski definition) is 5. The van der Waals surface area contributed by atoms with Crippen molar-refractivity contribution in [2.75, 3.05) is 6.61 Å². The number of fused-ring (bicyclic) bond motifs is 1. The maximum absolute atomic E-state index is 10.7. The maximum Gasteiger partial charge on any atom is 0.213 e. The van der Waals surface area contributed by atoms with Crippen molar-refractivity contribution in [2.45, 2.75) is 43.5 Å². The molecule has 0 aliphatic carbocycles. The van der Waals surface area contributed by atoms with Gasteiger partial charge in [0, 0.05) is 5.56 Å². The first kappa shape index (κ1) is 17.6. The van der Waals surface area contributed by atoms with Gasteiger partial charge in [0.1, 0.15) is 18.3 Å². The van der Waals surface area contributed by atoms with Gasteiger partial charge in [-0.1, -0.05) is 60.7 Å². The molecule has 0 spiro atoms. The number of rotatable bonds is 4. The fourth-order valence-corrected chi connectivity index (χ4v) is 3.34. The van der Waals surface area contributed by atoms with Gasteiger partial charge in [-0.2, -0.15) is 0 Å². The molecular weight excluding hydrogens is 334 g/mol. The van der Waals surface area contributed by atoms with E-state index in [4.69, 9.17) is 18.9 Å². The van der Waals surface area contributed by atoms with Crippen LogP contribution in [0.15, 0.2) is 60.7 Å². The molecule has 2 aliphatic heterocycles. The fourth-order valence-electron chi connectivity index (χ4n) is 3.34. The molecule has 2 saturated heterocycles. The molecule has 0 radical (unpaired) electrons. The summed E-state index contributed by atoms with van der Waals surface area (Å²) in [7, 11) is 0. The Balaban J connectivity index is 1.40. The highest BCUT2D eigenvalue weighted by Crippen LogP contribution is 2.33. The van der Waals surface area contributed by atoms with Crippen LogP contribution < -0.4 is 5.73 Å². The normalized spacial score (nSPS) is 34.2. The molecule has 0 bridgehead atoms. The van der Waals surface area contributed by atoms with Gasteiger partial charge in [0.15, 0.2) is 12.3 Å². The van der Waals surface area contributed by atoms with Crippen molar-refractivity contribution in [2.24, 2.45) is 0 Å². The van der Waals surface area contributed by atoms with Gasteiger partial charge in [-0.15, -0.1) is 0 Å². The highest BCUT2D eigenvalue weighted by atomic mass is 16.7. The van der Waals surface area contributed by atoms with E-state index in [9.17, 15) is 5.11 Å². The first-order valence-corrected chi connectivity index (χ1v) is 8.86. The van der Waals surface area contributed by atoms with Gasteiger partial charge in [0.2, 0.25) is 6.29 Å². The molecule has 6 nitrogen and oxygen atoms in total. The lowest BCUT2D eigenvalue weighted by atomic mass is 9.96. The third-order valence-electron chi connectivity index (χ3n) is 4.82. The minimum atomic E-state index is -0.787. The Kier molecular flexibility index (Phi) is 5.31. The highest BCUT2D eigenvalue weighted by Gasteiger charge is 2.50. The molecule has 2 aliphatic rings. The molecule has 0 amide bonds. The first-order valence-electron chi connectivity index (χ1n) is 8.86. The SMILES string of the molecule is [NH3+][C@H]1[C@@H](OCc2ccccc2)O[C@@H]2CO[C@H](c3ccccc3)O[C@H]2[C@H]1O. The standard InChI is InChI=1S/C20H23NO5/c21-16-17(22)18-15(12-24-19(26-18)14-9-5-2-6-10-14)25-20(16)23-11-13-7-3-1-4-8-13/h1-10,15-20,22H,11-12,21H2/p+1/t15-,16-,17+,18-,19+,20+/m1/s1. The Hall–Kier alpha value is -1.80. The van der Waals surface area contributed by atoms with Gasteiger partial charge in [-0.25, -0.2) is 0 Å². The van der Waals surface area contributed by atoms with Gasteiger partial charge in [0.25, 0.3) is 0 Å². The van der Waals surface area contributed by atoms with Crippen molar-refractivity contribution < 1.29 is 29.8 Å².